The standard InChI is InChI=1S/C8H17N5O2/c1-6(15-3)8(2,7(9)14)11-4-5-12-13-10/h6,11H,4-5H2,1-3H3,(H2,9,14). The highest BCUT2D eigenvalue weighted by atomic mass is 16.5. The highest BCUT2D eigenvalue weighted by Crippen LogP contribution is 2.11. The molecular formula is C8H17N5O2. The van der Waals surface area contributed by atoms with E-state index in [1.54, 1.807) is 13.8 Å². The van der Waals surface area contributed by atoms with E-state index in [4.69, 9.17) is 16.0 Å². The lowest BCUT2D eigenvalue weighted by Gasteiger charge is -2.32. The van der Waals surface area contributed by atoms with E-state index >= 15 is 0 Å². The summed E-state index contributed by atoms with van der Waals surface area (Å²) in [4.78, 5) is 13.9. The Bertz CT molecular complexity index is 264. The zero-order valence-corrected chi connectivity index (χ0v) is 9.23. The Hall–Kier alpha value is -1.30. The molecule has 0 rings (SSSR count). The van der Waals surface area contributed by atoms with E-state index in [1.165, 1.54) is 7.11 Å². The predicted molar refractivity (Wildman–Crippen MR) is 56.1 cm³/mol. The maximum absolute atomic E-state index is 11.3. The number of nitrogens with zero attached hydrogens (tertiary/aromatic N) is 3. The van der Waals surface area contributed by atoms with Gasteiger partial charge in [-0.3, -0.25) is 4.79 Å². The molecule has 0 aliphatic rings. The highest BCUT2D eigenvalue weighted by molar-refractivity contribution is 5.84. The maximum atomic E-state index is 11.3. The fraction of sp³-hybridized carbons (Fsp3) is 0.875. The maximum Gasteiger partial charge on any atom is 0.240 e. The molecule has 0 radical (unpaired) electrons. The smallest absolute Gasteiger partial charge is 0.240 e. The van der Waals surface area contributed by atoms with E-state index in [2.05, 4.69) is 15.3 Å². The van der Waals surface area contributed by atoms with E-state index in [-0.39, 0.29) is 12.6 Å². The summed E-state index contributed by atoms with van der Waals surface area (Å²) in [5.41, 5.74) is 12.4. The third-order valence-electron chi connectivity index (χ3n) is 2.45. The molecular weight excluding hydrogens is 198 g/mol. The number of azide groups is 1. The van der Waals surface area contributed by atoms with Crippen molar-refractivity contribution >= 4 is 5.91 Å². The normalized spacial score (nSPS) is 16.2. The number of methoxy groups -OCH3 is 1. The minimum atomic E-state index is -0.959. The highest BCUT2D eigenvalue weighted by Gasteiger charge is 2.36. The summed E-state index contributed by atoms with van der Waals surface area (Å²) in [7, 11) is 1.50. The molecule has 0 spiro atoms. The topological polar surface area (TPSA) is 113 Å². The molecule has 2 atom stereocenters. The van der Waals surface area contributed by atoms with Crippen molar-refractivity contribution in [1.82, 2.24) is 5.32 Å². The minimum Gasteiger partial charge on any atom is -0.379 e. The van der Waals surface area contributed by atoms with Gasteiger partial charge in [-0.15, -0.1) is 0 Å². The summed E-state index contributed by atoms with van der Waals surface area (Å²) < 4.78 is 5.07. The summed E-state index contributed by atoms with van der Waals surface area (Å²) in [6.45, 7) is 4.03. The van der Waals surface area contributed by atoms with Gasteiger partial charge in [-0.1, -0.05) is 5.11 Å². The fourth-order valence-corrected chi connectivity index (χ4v) is 1.08. The summed E-state index contributed by atoms with van der Waals surface area (Å²) in [6.07, 6.45) is -0.360. The lowest BCUT2D eigenvalue weighted by Crippen LogP contribution is -2.60. The Labute approximate surface area is 88.6 Å². The number of amides is 1. The second kappa shape index (κ2) is 6.23. The van der Waals surface area contributed by atoms with Crippen LogP contribution in [-0.2, 0) is 9.53 Å². The number of hydrogen-bond acceptors (Lipinski definition) is 4. The van der Waals surface area contributed by atoms with Crippen molar-refractivity contribution in [3.63, 3.8) is 0 Å². The van der Waals surface area contributed by atoms with E-state index < -0.39 is 11.4 Å². The van der Waals surface area contributed by atoms with Crippen molar-refractivity contribution in [3.8, 4) is 0 Å². The van der Waals surface area contributed by atoms with E-state index in [9.17, 15) is 4.79 Å². The molecule has 0 bridgehead atoms. The summed E-state index contributed by atoms with van der Waals surface area (Å²) in [6, 6.07) is 0. The minimum absolute atomic E-state index is 0.260. The van der Waals surface area contributed by atoms with Gasteiger partial charge in [0.2, 0.25) is 5.91 Å². The molecule has 0 saturated carbocycles. The van der Waals surface area contributed by atoms with Crippen molar-refractivity contribution in [2.75, 3.05) is 20.2 Å². The second-order valence-corrected chi connectivity index (χ2v) is 3.33. The summed E-state index contributed by atoms with van der Waals surface area (Å²) in [5, 5.41) is 6.26. The lowest BCUT2D eigenvalue weighted by molar-refractivity contribution is -0.128. The second-order valence-electron chi connectivity index (χ2n) is 3.33. The van der Waals surface area contributed by atoms with Gasteiger partial charge < -0.3 is 15.8 Å². The molecule has 15 heavy (non-hydrogen) atoms. The van der Waals surface area contributed by atoms with Crippen LogP contribution >= 0.6 is 0 Å². The lowest BCUT2D eigenvalue weighted by atomic mass is 9.95. The van der Waals surface area contributed by atoms with Gasteiger partial charge in [0.15, 0.2) is 0 Å². The van der Waals surface area contributed by atoms with Crippen molar-refractivity contribution in [2.24, 2.45) is 10.8 Å². The molecule has 86 valence electrons. The average molecular weight is 215 g/mol. The molecule has 0 saturated heterocycles. The largest absolute Gasteiger partial charge is 0.379 e. The van der Waals surface area contributed by atoms with Crippen LogP contribution in [-0.4, -0.2) is 37.7 Å². The molecule has 0 aromatic heterocycles. The Kier molecular flexibility index (Phi) is 5.69. The van der Waals surface area contributed by atoms with Gasteiger partial charge in [0.1, 0.15) is 5.54 Å². The van der Waals surface area contributed by atoms with Crippen molar-refractivity contribution in [1.29, 1.82) is 0 Å². The van der Waals surface area contributed by atoms with Gasteiger partial charge >= 0.3 is 0 Å². The molecule has 0 aromatic carbocycles. The van der Waals surface area contributed by atoms with Gasteiger partial charge in [-0.2, -0.15) is 0 Å². The van der Waals surface area contributed by atoms with Crippen molar-refractivity contribution in [2.45, 2.75) is 25.5 Å². The number of nitrogens with two attached hydrogens (primary N) is 1. The molecule has 2 unspecified atom stereocenters. The zero-order chi connectivity index (χ0) is 11.9. The van der Waals surface area contributed by atoms with Crippen LogP contribution in [0.1, 0.15) is 13.8 Å². The number of primary amides is 1. The molecule has 0 heterocycles. The Morgan fingerprint density at radius 1 is 1.80 bits per heavy atom. The number of rotatable bonds is 7. The number of ether oxygens (including phenoxy) is 1. The molecule has 7 nitrogen and oxygen atoms in total. The van der Waals surface area contributed by atoms with Crippen LogP contribution in [0, 0.1) is 0 Å². The van der Waals surface area contributed by atoms with Gasteiger partial charge in [0.05, 0.1) is 6.10 Å². The zero-order valence-electron chi connectivity index (χ0n) is 9.23. The molecule has 0 aliphatic heterocycles. The third kappa shape index (κ3) is 3.75. The SMILES string of the molecule is COC(C)C(C)(NCCN=[N+]=[N-])C(N)=O. The molecule has 0 aliphatic carbocycles. The van der Waals surface area contributed by atoms with Crippen LogP contribution in [0.3, 0.4) is 0 Å². The molecule has 0 fully saturated rings. The van der Waals surface area contributed by atoms with Gasteiger partial charge in [0, 0.05) is 25.1 Å². The number of hydrogen-bond donors (Lipinski definition) is 2. The van der Waals surface area contributed by atoms with Crippen molar-refractivity contribution in [3.05, 3.63) is 10.4 Å². The molecule has 1 amide bonds. The van der Waals surface area contributed by atoms with E-state index in [1.807, 2.05) is 0 Å². The summed E-state index contributed by atoms with van der Waals surface area (Å²) >= 11 is 0. The average Bonchev–Trinajstić information content (AvgIpc) is 2.22. The predicted octanol–water partition coefficient (Wildman–Crippen LogP) is 0.165. The summed E-state index contributed by atoms with van der Waals surface area (Å²) in [5.74, 6) is -0.502. The first-order chi connectivity index (χ1) is 6.99. The van der Waals surface area contributed by atoms with E-state index in [0.29, 0.717) is 6.54 Å². The molecule has 0 aromatic rings. The number of carbonyl (C=O) groups excluding carboxylic acids is 1. The van der Waals surface area contributed by atoms with Crippen LogP contribution in [0.5, 0.6) is 0 Å². The Morgan fingerprint density at radius 2 is 2.40 bits per heavy atom. The van der Waals surface area contributed by atoms with Crippen molar-refractivity contribution < 1.29 is 9.53 Å². The van der Waals surface area contributed by atoms with Gasteiger partial charge in [0.25, 0.3) is 0 Å². The van der Waals surface area contributed by atoms with Crippen LogP contribution in [0.25, 0.3) is 10.4 Å². The Balaban J connectivity index is 4.38. The van der Waals surface area contributed by atoms with Crippen LogP contribution in [0.4, 0.5) is 0 Å². The quantitative estimate of drug-likeness (QED) is 0.273. The first-order valence-corrected chi connectivity index (χ1v) is 4.57. The van der Waals surface area contributed by atoms with Crippen LogP contribution in [0.2, 0.25) is 0 Å². The molecule has 7 heteroatoms. The van der Waals surface area contributed by atoms with E-state index in [0.717, 1.165) is 0 Å². The van der Waals surface area contributed by atoms with Gasteiger partial charge in [-0.05, 0) is 19.4 Å². The van der Waals surface area contributed by atoms with Crippen LogP contribution < -0.4 is 11.1 Å². The monoisotopic (exact) mass is 215 g/mol. The first kappa shape index (κ1) is 13.7. The first-order valence-electron chi connectivity index (χ1n) is 4.57. The van der Waals surface area contributed by atoms with Crippen LogP contribution in [0.15, 0.2) is 5.11 Å². The molecule has 3 N–H and O–H groups in total. The fourth-order valence-electron chi connectivity index (χ4n) is 1.08. The number of carbonyl (C=O) groups is 1. The Morgan fingerprint density at radius 3 is 2.80 bits per heavy atom. The number of nitrogens with one attached hydrogen (secondary N) is 1. The third-order valence-corrected chi connectivity index (χ3v) is 2.45. The van der Waals surface area contributed by atoms with Gasteiger partial charge in [-0.25, -0.2) is 0 Å².